The van der Waals surface area contributed by atoms with Gasteiger partial charge in [-0.25, -0.2) is 9.59 Å². The van der Waals surface area contributed by atoms with Crippen LogP contribution in [-0.2, 0) is 78.8 Å². The molecular formula is C53H65BF2N4O13. The maximum Gasteiger partial charge on any atom is 0.408 e. The van der Waals surface area contributed by atoms with Gasteiger partial charge < -0.3 is 59.5 Å². The van der Waals surface area contributed by atoms with Gasteiger partial charge >= 0.3 is 18.0 Å². The number of ether oxygens (including phenoxy) is 7. The van der Waals surface area contributed by atoms with Crippen LogP contribution in [0.1, 0.15) is 69.2 Å². The second-order valence-electron chi connectivity index (χ2n) is 18.4. The van der Waals surface area contributed by atoms with E-state index >= 15 is 8.78 Å². The van der Waals surface area contributed by atoms with E-state index in [0.29, 0.717) is 11.1 Å². The van der Waals surface area contributed by atoms with Gasteiger partial charge in [-0.15, -0.1) is 0 Å². The number of amides is 4. The third kappa shape index (κ3) is 17.4. The van der Waals surface area contributed by atoms with Gasteiger partial charge in [-0.1, -0.05) is 121 Å². The molecular weight excluding hydrogens is 949 g/mol. The molecule has 73 heavy (non-hydrogen) atoms. The number of aliphatic hydroxyl groups is 1. The Morgan fingerprint density at radius 1 is 0.699 bits per heavy atom. The van der Waals surface area contributed by atoms with Gasteiger partial charge in [0.2, 0.25) is 11.8 Å². The lowest BCUT2D eigenvalue weighted by Crippen LogP contribution is -2.75. The van der Waals surface area contributed by atoms with Gasteiger partial charge in [-0.2, -0.15) is 8.78 Å². The first-order valence-electron chi connectivity index (χ1n) is 23.9. The number of benzene rings is 4. The number of hydrogen-bond acceptors (Lipinski definition) is 13. The van der Waals surface area contributed by atoms with Gasteiger partial charge in [-0.3, -0.25) is 14.4 Å². The molecule has 1 aliphatic heterocycles. The molecule has 5 N–H and O–H groups in total. The molecule has 0 unspecified atom stereocenters. The minimum absolute atomic E-state index is 0.0236. The number of carbonyl (C=O) groups is 5. The summed E-state index contributed by atoms with van der Waals surface area (Å²) in [7, 11) is 7.02. The molecule has 4 aromatic rings. The first-order valence-corrected chi connectivity index (χ1v) is 23.9. The maximum atomic E-state index is 17.3. The summed E-state index contributed by atoms with van der Waals surface area (Å²) in [6, 6.07) is 33.3. The van der Waals surface area contributed by atoms with Crippen molar-refractivity contribution in [3.8, 4) is 0 Å². The molecule has 5 rings (SSSR count). The van der Waals surface area contributed by atoms with E-state index < -0.39 is 96.1 Å². The molecule has 4 amide bonds. The normalized spacial score (nSPS) is 20.1. The van der Waals surface area contributed by atoms with Gasteiger partial charge in [0, 0.05) is 6.54 Å². The van der Waals surface area contributed by atoms with Crippen molar-refractivity contribution in [1.29, 1.82) is 0 Å². The molecule has 4 aromatic carbocycles. The summed E-state index contributed by atoms with van der Waals surface area (Å²) in [5, 5.41) is 21.7. The van der Waals surface area contributed by atoms with Crippen molar-refractivity contribution >= 4 is 37.6 Å². The zero-order chi connectivity index (χ0) is 53.0. The fourth-order valence-corrected chi connectivity index (χ4v) is 7.63. The topological polar surface area (TPSA) is 218 Å². The fourth-order valence-electron chi connectivity index (χ4n) is 7.63. The van der Waals surface area contributed by atoms with Crippen molar-refractivity contribution in [3.63, 3.8) is 0 Å². The van der Waals surface area contributed by atoms with E-state index in [2.05, 4.69) is 26.0 Å². The number of unbranched alkanes of at least 4 members (excludes halogenated alkanes) is 1. The number of alkyl carbamates (subject to hydrolysis) is 1. The lowest BCUT2D eigenvalue weighted by atomic mass is 9.87. The van der Waals surface area contributed by atoms with Crippen molar-refractivity contribution in [2.24, 2.45) is 0 Å². The quantitative estimate of drug-likeness (QED) is 0.0313. The van der Waals surface area contributed by atoms with Gasteiger partial charge in [0.25, 0.3) is 11.7 Å². The largest absolute Gasteiger partial charge is 0.467 e. The molecule has 0 saturated carbocycles. The average Bonchev–Trinajstić information content (AvgIpc) is 3.37. The summed E-state index contributed by atoms with van der Waals surface area (Å²) < 4.78 is 75.8. The van der Waals surface area contributed by atoms with Crippen LogP contribution in [0.2, 0.25) is 0 Å². The highest BCUT2D eigenvalue weighted by Crippen LogP contribution is 2.44. The number of methoxy groups -OCH3 is 1. The number of nitrogens with one attached hydrogen (secondary N) is 4. The van der Waals surface area contributed by atoms with Crippen molar-refractivity contribution in [1.82, 2.24) is 21.3 Å². The molecule has 8 atom stereocenters. The van der Waals surface area contributed by atoms with Crippen LogP contribution in [0.4, 0.5) is 13.6 Å². The predicted octanol–water partition coefficient (Wildman–Crippen LogP) is 5.15. The Morgan fingerprint density at radius 2 is 1.19 bits per heavy atom. The zero-order valence-electron chi connectivity index (χ0n) is 41.6. The summed E-state index contributed by atoms with van der Waals surface area (Å²) in [6.07, 6.45) is -7.40. The van der Waals surface area contributed by atoms with Crippen LogP contribution in [-0.4, -0.2) is 123 Å². The zero-order valence-corrected chi connectivity index (χ0v) is 41.6. The van der Waals surface area contributed by atoms with Gasteiger partial charge in [0.1, 0.15) is 49.9 Å². The Balaban J connectivity index is 1.39. The minimum Gasteiger partial charge on any atom is -0.467 e. The fraction of sp³-hybridized carbons (Fsp3) is 0.453. The number of halogens is 2. The van der Waals surface area contributed by atoms with Gasteiger partial charge in [-0.05, 0) is 69.2 Å². The standard InChI is InChI=1S/C53H65BF2N4O13/c1-35(48(63)67-5)58-47(62)45(54)60-46(61)40(59-50(65)73-51(2,3)4)28-18-19-29-57-49(64)52(55,56)53(66)44(71-33-39-26-16-9-17-27-39)43(70-32-38-24-14-8-15-25-38)42(69-31-37-22-12-7-13-23-37)41(72-53)34-68-30-36-20-10-6-11-21-36/h6-17,20-27,35,40-45,66H,18-19,28-34H2,1-5H3,(H,57,64)(H,58,62)(H,59,65)(H,60,61)/t35-,40-,41+,42-,43-,44+,45+,53+/m0/s1. The van der Waals surface area contributed by atoms with Crippen LogP contribution < -0.4 is 21.3 Å². The highest BCUT2D eigenvalue weighted by molar-refractivity contribution is 6.25. The van der Waals surface area contributed by atoms with Crippen LogP contribution in [0.25, 0.3) is 0 Å². The van der Waals surface area contributed by atoms with Crippen molar-refractivity contribution in [2.75, 3.05) is 20.3 Å². The third-order valence-electron chi connectivity index (χ3n) is 11.4. The second kappa shape index (κ2) is 27.7. The number of hydrogen-bond donors (Lipinski definition) is 5. The molecule has 0 aromatic heterocycles. The van der Waals surface area contributed by atoms with Gasteiger partial charge in [0.05, 0.1) is 46.1 Å². The summed E-state index contributed by atoms with van der Waals surface area (Å²) in [6.45, 7) is 4.92. The molecule has 1 aliphatic rings. The van der Waals surface area contributed by atoms with E-state index in [1.807, 2.05) is 60.7 Å². The molecule has 0 bridgehead atoms. The van der Waals surface area contributed by atoms with E-state index in [1.165, 1.54) is 6.92 Å². The number of esters is 1. The second-order valence-corrected chi connectivity index (χ2v) is 18.4. The Labute approximate surface area is 425 Å². The Kier molecular flexibility index (Phi) is 21.8. The molecule has 2 radical (unpaired) electrons. The van der Waals surface area contributed by atoms with E-state index in [1.54, 1.807) is 81.4 Å². The molecule has 1 saturated heterocycles. The molecule has 1 heterocycles. The van der Waals surface area contributed by atoms with Crippen LogP contribution in [0.15, 0.2) is 121 Å². The molecule has 0 aliphatic carbocycles. The first kappa shape index (κ1) is 57.6. The average molecular weight is 1010 g/mol. The maximum absolute atomic E-state index is 17.3. The number of carbonyl (C=O) groups excluding carboxylic acids is 5. The Bertz CT molecular complexity index is 2360. The first-order chi connectivity index (χ1) is 34.8. The molecule has 0 spiro atoms. The van der Waals surface area contributed by atoms with Crippen LogP contribution in [0, 0.1) is 0 Å². The summed E-state index contributed by atoms with van der Waals surface area (Å²) in [5.41, 5.74) is 1.78. The summed E-state index contributed by atoms with van der Waals surface area (Å²) >= 11 is 0. The van der Waals surface area contributed by atoms with Crippen LogP contribution >= 0.6 is 0 Å². The lowest BCUT2D eigenvalue weighted by Gasteiger charge is -2.51. The molecule has 17 nitrogen and oxygen atoms in total. The lowest BCUT2D eigenvalue weighted by molar-refractivity contribution is -0.415. The van der Waals surface area contributed by atoms with E-state index in [-0.39, 0.29) is 52.3 Å². The van der Waals surface area contributed by atoms with Crippen molar-refractivity contribution in [2.45, 2.75) is 133 Å². The molecule has 392 valence electrons. The highest BCUT2D eigenvalue weighted by atomic mass is 19.3. The monoisotopic (exact) mass is 1010 g/mol. The predicted molar refractivity (Wildman–Crippen MR) is 263 cm³/mol. The van der Waals surface area contributed by atoms with Crippen LogP contribution in [0.5, 0.6) is 0 Å². The molecule has 1 fully saturated rings. The smallest absolute Gasteiger partial charge is 0.408 e. The Morgan fingerprint density at radius 3 is 1.70 bits per heavy atom. The third-order valence-corrected chi connectivity index (χ3v) is 11.4. The van der Waals surface area contributed by atoms with Crippen molar-refractivity contribution < 1.29 is 71.0 Å². The van der Waals surface area contributed by atoms with Crippen LogP contribution in [0.3, 0.4) is 0 Å². The SMILES string of the molecule is [B][C@H](NC(=O)[C@H](CCCCNC(=O)C(F)(F)[C@]1(O)O[C@H](COCc2ccccc2)[C@H](OCc2ccccc2)[C@H](OCc2ccccc2)[C@H]1OCc1ccccc1)NC(=O)OC(C)(C)C)C(=O)N[C@@H](C)C(=O)OC. The van der Waals surface area contributed by atoms with E-state index in [9.17, 15) is 29.1 Å². The summed E-state index contributed by atoms with van der Waals surface area (Å²) in [5.74, 6) is -14.6. The van der Waals surface area contributed by atoms with E-state index in [0.717, 1.165) is 18.2 Å². The number of alkyl halides is 2. The van der Waals surface area contributed by atoms with E-state index in [4.69, 9.17) is 36.3 Å². The van der Waals surface area contributed by atoms with Gasteiger partial charge in [0.15, 0.2) is 0 Å². The molecule has 20 heteroatoms. The number of rotatable bonds is 26. The Hall–Kier alpha value is -6.29. The minimum atomic E-state index is -4.74. The highest BCUT2D eigenvalue weighted by Gasteiger charge is 2.71. The van der Waals surface area contributed by atoms with Crippen molar-refractivity contribution in [3.05, 3.63) is 144 Å². The summed E-state index contributed by atoms with van der Waals surface area (Å²) in [4.78, 5) is 64.5.